The van der Waals surface area contributed by atoms with E-state index in [9.17, 15) is 14.9 Å². The van der Waals surface area contributed by atoms with Gasteiger partial charge in [-0.3, -0.25) is 14.5 Å². The Bertz CT molecular complexity index is 1700. The van der Waals surface area contributed by atoms with Crippen molar-refractivity contribution >= 4 is 57.2 Å². The van der Waals surface area contributed by atoms with Gasteiger partial charge in [0.2, 0.25) is 11.0 Å². The molecular formula is C29H27ClN6O5S2. The summed E-state index contributed by atoms with van der Waals surface area (Å²) in [6, 6.07) is 12.5. The molecule has 0 saturated carbocycles. The molecule has 0 radical (unpaired) electrons. The van der Waals surface area contributed by atoms with Gasteiger partial charge in [-0.25, -0.2) is 0 Å². The number of anilines is 2. The number of aromatic nitrogens is 2. The van der Waals surface area contributed by atoms with Gasteiger partial charge >= 0.3 is 0 Å². The number of methoxy groups -OCH3 is 3. The molecule has 0 fully saturated rings. The van der Waals surface area contributed by atoms with Crippen molar-refractivity contribution < 1.29 is 23.8 Å². The number of nitrogens with two attached hydrogens (primary N) is 1. The summed E-state index contributed by atoms with van der Waals surface area (Å²) in [6.07, 6.45) is 1.54. The first-order valence-corrected chi connectivity index (χ1v) is 15.2. The number of nitrogens with one attached hydrogen (secondary N) is 1. The lowest BCUT2D eigenvalue weighted by atomic mass is 9.75. The van der Waals surface area contributed by atoms with Gasteiger partial charge in [0, 0.05) is 35.0 Å². The van der Waals surface area contributed by atoms with Gasteiger partial charge in [-0.2, -0.15) is 5.26 Å². The number of Topliss-reactive ketones (excluding diaryl/α,β-unsaturated/α-hetero) is 1. The van der Waals surface area contributed by atoms with Crippen LogP contribution in [-0.2, 0) is 9.59 Å². The van der Waals surface area contributed by atoms with Gasteiger partial charge in [0.05, 0.1) is 49.7 Å². The van der Waals surface area contributed by atoms with E-state index in [1.54, 1.807) is 48.4 Å². The number of thioether (sulfide) groups is 1. The number of amides is 1. The average Bonchev–Trinajstić information content (AvgIpc) is 3.47. The van der Waals surface area contributed by atoms with Crippen LogP contribution >= 0.6 is 34.7 Å². The number of ketones is 1. The van der Waals surface area contributed by atoms with E-state index >= 15 is 0 Å². The molecule has 1 aromatic heterocycles. The third-order valence-corrected chi connectivity index (χ3v) is 9.35. The summed E-state index contributed by atoms with van der Waals surface area (Å²) in [5, 5.41) is 22.4. The minimum Gasteiger partial charge on any atom is -0.497 e. The molecule has 3 aromatic rings. The van der Waals surface area contributed by atoms with Crippen molar-refractivity contribution in [3.8, 4) is 23.3 Å². The summed E-state index contributed by atoms with van der Waals surface area (Å²) in [6.45, 7) is 0. The second-order valence-electron chi connectivity index (χ2n) is 9.46. The standard InChI is InChI=1S/C29H27ClN6O5S2/c1-39-16-8-9-17(23(12-16)41-3)25-18(13-31)27(32)36(20-5-4-6-21(37)26(20)25)28-34-35-29(43-28)42-14-24(38)33-15-7-10-22(40-2)19(30)11-15/h7-12,25H,4-6,14,32H2,1-3H3,(H,33,38). The van der Waals surface area contributed by atoms with Crippen LogP contribution < -0.4 is 30.2 Å². The first kappa shape index (κ1) is 30.2. The molecule has 2 heterocycles. The number of benzene rings is 2. The van der Waals surface area contributed by atoms with Crippen molar-refractivity contribution in [1.82, 2.24) is 10.2 Å². The fourth-order valence-electron chi connectivity index (χ4n) is 5.09. The number of ether oxygens (including phenoxy) is 3. The molecule has 1 aliphatic heterocycles. The van der Waals surface area contributed by atoms with Crippen molar-refractivity contribution in [3.63, 3.8) is 0 Å². The molecule has 222 valence electrons. The fraction of sp³-hybridized carbons (Fsp3) is 0.276. The van der Waals surface area contributed by atoms with Crippen LogP contribution in [0.25, 0.3) is 0 Å². The molecule has 43 heavy (non-hydrogen) atoms. The highest BCUT2D eigenvalue weighted by Crippen LogP contribution is 2.49. The van der Waals surface area contributed by atoms with Crippen LogP contribution in [-0.4, -0.2) is 49.0 Å². The minimum absolute atomic E-state index is 0.0659. The predicted octanol–water partition coefficient (Wildman–Crippen LogP) is 5.25. The molecule has 0 bridgehead atoms. The van der Waals surface area contributed by atoms with Crippen LogP contribution in [0, 0.1) is 11.3 Å². The number of nitriles is 1. The van der Waals surface area contributed by atoms with Gasteiger partial charge in [-0.15, -0.1) is 10.2 Å². The third kappa shape index (κ3) is 5.99. The molecule has 2 aliphatic rings. The van der Waals surface area contributed by atoms with Gasteiger partial charge in [-0.05, 0) is 37.1 Å². The smallest absolute Gasteiger partial charge is 0.234 e. The van der Waals surface area contributed by atoms with E-state index < -0.39 is 5.92 Å². The van der Waals surface area contributed by atoms with Crippen molar-refractivity contribution in [2.75, 3.05) is 37.3 Å². The molecule has 2 aromatic carbocycles. The Morgan fingerprint density at radius 1 is 1.16 bits per heavy atom. The number of hydrogen-bond acceptors (Lipinski definition) is 12. The number of nitrogens with zero attached hydrogens (tertiary/aromatic N) is 4. The molecule has 1 unspecified atom stereocenters. The van der Waals surface area contributed by atoms with E-state index in [1.807, 2.05) is 0 Å². The molecule has 1 aliphatic carbocycles. The van der Waals surface area contributed by atoms with E-state index in [4.69, 9.17) is 31.5 Å². The molecule has 11 nitrogen and oxygen atoms in total. The van der Waals surface area contributed by atoms with E-state index in [2.05, 4.69) is 21.6 Å². The zero-order chi connectivity index (χ0) is 30.7. The maximum atomic E-state index is 13.5. The first-order valence-electron chi connectivity index (χ1n) is 13.1. The van der Waals surface area contributed by atoms with Crippen LogP contribution in [0.2, 0.25) is 5.02 Å². The SMILES string of the molecule is COc1ccc(C2C(C#N)=C(N)N(c3nnc(SCC(=O)Nc4ccc(OC)c(Cl)c4)s3)C3=C2C(=O)CCC3)c(OC)c1. The van der Waals surface area contributed by atoms with Crippen molar-refractivity contribution in [1.29, 1.82) is 5.26 Å². The Kier molecular flexibility index (Phi) is 9.10. The summed E-state index contributed by atoms with van der Waals surface area (Å²) in [7, 11) is 4.59. The van der Waals surface area contributed by atoms with Gasteiger partial charge in [0.15, 0.2) is 10.1 Å². The predicted molar refractivity (Wildman–Crippen MR) is 165 cm³/mol. The van der Waals surface area contributed by atoms with Gasteiger partial charge < -0.3 is 25.3 Å². The minimum atomic E-state index is -0.707. The number of hydrogen-bond donors (Lipinski definition) is 2. The first-order chi connectivity index (χ1) is 20.8. The second kappa shape index (κ2) is 12.9. The second-order valence-corrected chi connectivity index (χ2v) is 12.0. The molecule has 3 N–H and O–H groups in total. The van der Waals surface area contributed by atoms with Crippen LogP contribution in [0.3, 0.4) is 0 Å². The Morgan fingerprint density at radius 3 is 2.65 bits per heavy atom. The average molecular weight is 639 g/mol. The zero-order valence-corrected chi connectivity index (χ0v) is 25.9. The van der Waals surface area contributed by atoms with Gasteiger partial charge in [0.25, 0.3) is 0 Å². The fourth-order valence-corrected chi connectivity index (χ4v) is 7.03. The lowest BCUT2D eigenvalue weighted by Gasteiger charge is -2.38. The van der Waals surface area contributed by atoms with E-state index in [1.165, 1.54) is 37.3 Å². The Morgan fingerprint density at radius 2 is 1.95 bits per heavy atom. The largest absolute Gasteiger partial charge is 0.497 e. The molecule has 5 rings (SSSR count). The van der Waals surface area contributed by atoms with Gasteiger partial charge in [0.1, 0.15) is 23.1 Å². The van der Waals surface area contributed by atoms with Crippen molar-refractivity contribution in [3.05, 3.63) is 69.6 Å². The van der Waals surface area contributed by atoms with E-state index in [0.717, 1.165) is 0 Å². The van der Waals surface area contributed by atoms with Crippen molar-refractivity contribution in [2.45, 2.75) is 29.5 Å². The topological polar surface area (TPSA) is 153 Å². The molecule has 0 saturated heterocycles. The molecular weight excluding hydrogens is 612 g/mol. The lowest BCUT2D eigenvalue weighted by molar-refractivity contribution is -0.116. The number of halogens is 1. The van der Waals surface area contributed by atoms with Crippen molar-refractivity contribution in [2.24, 2.45) is 5.73 Å². The lowest BCUT2D eigenvalue weighted by Crippen LogP contribution is -2.38. The summed E-state index contributed by atoms with van der Waals surface area (Å²) in [5.74, 6) is 0.774. The van der Waals surface area contributed by atoms with Crippen LogP contribution in [0.5, 0.6) is 17.2 Å². The summed E-state index contributed by atoms with van der Waals surface area (Å²) >= 11 is 8.57. The highest BCUT2D eigenvalue weighted by Gasteiger charge is 2.42. The van der Waals surface area contributed by atoms with Crippen LogP contribution in [0.1, 0.15) is 30.7 Å². The molecule has 0 spiro atoms. The molecule has 14 heteroatoms. The third-order valence-electron chi connectivity index (χ3n) is 7.01. The molecule has 1 amide bonds. The molecule has 1 atom stereocenters. The van der Waals surface area contributed by atoms with E-state index in [-0.39, 0.29) is 28.8 Å². The number of carbonyl (C=O) groups excluding carboxylic acids is 2. The van der Waals surface area contributed by atoms with Crippen LogP contribution in [0.15, 0.2) is 63.4 Å². The Labute approximate surface area is 261 Å². The maximum Gasteiger partial charge on any atom is 0.234 e. The quantitative estimate of drug-likeness (QED) is 0.295. The number of rotatable bonds is 9. The zero-order valence-electron chi connectivity index (χ0n) is 23.5. The van der Waals surface area contributed by atoms with Crippen LogP contribution in [0.4, 0.5) is 10.8 Å². The maximum absolute atomic E-state index is 13.5. The Balaban J connectivity index is 1.42. The monoisotopic (exact) mass is 638 g/mol. The summed E-state index contributed by atoms with van der Waals surface area (Å²) in [5.41, 5.74) is 9.22. The number of carbonyl (C=O) groups is 2. The highest BCUT2D eigenvalue weighted by molar-refractivity contribution is 8.01. The summed E-state index contributed by atoms with van der Waals surface area (Å²) in [4.78, 5) is 27.7. The number of allylic oxidation sites excluding steroid dienone is 3. The Hall–Kier alpha value is -4.25. The normalized spacial score (nSPS) is 16.5. The van der Waals surface area contributed by atoms with Gasteiger partial charge in [-0.1, -0.05) is 40.8 Å². The summed E-state index contributed by atoms with van der Waals surface area (Å²) < 4.78 is 16.6. The highest BCUT2D eigenvalue weighted by atomic mass is 35.5. The van der Waals surface area contributed by atoms with E-state index in [0.29, 0.717) is 73.5 Å².